The third-order valence-corrected chi connectivity index (χ3v) is 3.24. The largest absolute Gasteiger partial charge is 0.402 e. The first-order chi connectivity index (χ1) is 8.56. The zero-order chi connectivity index (χ0) is 13.5. The van der Waals surface area contributed by atoms with E-state index in [9.17, 15) is 4.79 Å². The minimum atomic E-state index is 0.620. The molecule has 1 aliphatic carbocycles. The van der Waals surface area contributed by atoms with E-state index in [-0.39, 0.29) is 0 Å². The Morgan fingerprint density at radius 1 is 1.44 bits per heavy atom. The van der Waals surface area contributed by atoms with Crippen molar-refractivity contribution < 1.29 is 4.79 Å². The molecule has 4 nitrogen and oxygen atoms in total. The number of hydrogen-bond donors (Lipinski definition) is 1. The summed E-state index contributed by atoms with van der Waals surface area (Å²) in [6, 6.07) is 0. The van der Waals surface area contributed by atoms with Crippen LogP contribution in [0.1, 0.15) is 46.0 Å². The number of likely N-dealkylation sites (N-methyl/N-ethyl adjacent to an activating group) is 1. The second-order valence-electron chi connectivity index (χ2n) is 5.32. The topological polar surface area (TPSA) is 58.7 Å². The van der Waals surface area contributed by atoms with Crippen LogP contribution < -0.4 is 5.73 Å². The lowest BCUT2D eigenvalue weighted by molar-refractivity contribution is -0.114. The smallest absolute Gasteiger partial charge is 0.215 e. The number of nitrogens with zero attached hydrogens (tertiary/aromatic N) is 2. The lowest BCUT2D eigenvalue weighted by Crippen LogP contribution is -2.30. The number of allylic oxidation sites excluding steroid dienone is 1. The van der Waals surface area contributed by atoms with Crippen LogP contribution in [-0.2, 0) is 4.79 Å². The average Bonchev–Trinajstić information content (AvgIpc) is 2.35. The van der Waals surface area contributed by atoms with Crippen molar-refractivity contribution in [3.8, 4) is 0 Å². The Labute approximate surface area is 110 Å². The molecule has 0 aliphatic heterocycles. The van der Waals surface area contributed by atoms with Crippen LogP contribution in [0.15, 0.2) is 16.3 Å². The molecule has 4 heteroatoms. The van der Waals surface area contributed by atoms with Gasteiger partial charge in [0.25, 0.3) is 0 Å². The molecule has 1 amide bonds. The van der Waals surface area contributed by atoms with Crippen molar-refractivity contribution in [3.63, 3.8) is 0 Å². The summed E-state index contributed by atoms with van der Waals surface area (Å²) >= 11 is 0. The second kappa shape index (κ2) is 7.19. The van der Waals surface area contributed by atoms with Gasteiger partial charge in [-0.3, -0.25) is 9.79 Å². The Morgan fingerprint density at radius 3 is 2.67 bits per heavy atom. The molecule has 0 aromatic carbocycles. The number of carbonyl (C=O) groups is 1. The fourth-order valence-electron chi connectivity index (χ4n) is 2.08. The summed E-state index contributed by atoms with van der Waals surface area (Å²) in [6.07, 6.45) is 5.97. The van der Waals surface area contributed by atoms with Crippen LogP contribution in [0.5, 0.6) is 0 Å². The second-order valence-corrected chi connectivity index (χ2v) is 5.32. The van der Waals surface area contributed by atoms with Gasteiger partial charge in [-0.05, 0) is 38.0 Å². The van der Waals surface area contributed by atoms with Crippen LogP contribution in [0.2, 0.25) is 0 Å². The van der Waals surface area contributed by atoms with Gasteiger partial charge in [0, 0.05) is 24.9 Å². The summed E-state index contributed by atoms with van der Waals surface area (Å²) in [5.41, 5.74) is 8.03. The molecule has 0 radical (unpaired) electrons. The van der Waals surface area contributed by atoms with E-state index in [1.807, 2.05) is 0 Å². The molecule has 0 heterocycles. The third kappa shape index (κ3) is 4.17. The zero-order valence-electron chi connectivity index (χ0n) is 11.8. The number of amidine groups is 1. The molecule has 1 aliphatic rings. The monoisotopic (exact) mass is 251 g/mol. The van der Waals surface area contributed by atoms with E-state index in [1.54, 1.807) is 11.9 Å². The fraction of sp³-hybridized carbons (Fsp3) is 0.714. The molecule has 0 saturated heterocycles. The van der Waals surface area contributed by atoms with Gasteiger partial charge in [0.1, 0.15) is 5.84 Å². The first kappa shape index (κ1) is 14.7. The standard InChI is InChI=1S/C14H25N3O/c1-11(2)8-9-16-14(17(3)10-18)12-6-4-5-7-13(12)15/h10-11H,4-9,15H2,1-3H3. The van der Waals surface area contributed by atoms with Gasteiger partial charge in [0.15, 0.2) is 0 Å². The summed E-state index contributed by atoms with van der Waals surface area (Å²) in [7, 11) is 1.75. The van der Waals surface area contributed by atoms with Gasteiger partial charge >= 0.3 is 0 Å². The van der Waals surface area contributed by atoms with Crippen molar-refractivity contribution in [2.24, 2.45) is 16.6 Å². The highest BCUT2D eigenvalue weighted by atomic mass is 16.1. The molecule has 0 aromatic rings. The quantitative estimate of drug-likeness (QED) is 0.463. The van der Waals surface area contributed by atoms with Crippen LogP contribution in [-0.4, -0.2) is 30.7 Å². The van der Waals surface area contributed by atoms with Crippen molar-refractivity contribution in [2.75, 3.05) is 13.6 Å². The van der Waals surface area contributed by atoms with E-state index in [4.69, 9.17) is 5.73 Å². The number of amides is 1. The molecule has 0 atom stereocenters. The summed E-state index contributed by atoms with van der Waals surface area (Å²) < 4.78 is 0. The summed E-state index contributed by atoms with van der Waals surface area (Å²) in [5, 5.41) is 0. The highest BCUT2D eigenvalue weighted by Crippen LogP contribution is 2.23. The van der Waals surface area contributed by atoms with Gasteiger partial charge in [0.05, 0.1) is 0 Å². The van der Waals surface area contributed by atoms with Crippen molar-refractivity contribution >= 4 is 12.2 Å². The normalized spacial score (nSPS) is 17.2. The van der Waals surface area contributed by atoms with Gasteiger partial charge in [-0.2, -0.15) is 0 Å². The molecule has 18 heavy (non-hydrogen) atoms. The highest BCUT2D eigenvalue weighted by Gasteiger charge is 2.18. The molecule has 0 fully saturated rings. The van der Waals surface area contributed by atoms with Gasteiger partial charge < -0.3 is 10.6 Å². The van der Waals surface area contributed by atoms with E-state index in [1.165, 1.54) is 0 Å². The van der Waals surface area contributed by atoms with E-state index in [2.05, 4.69) is 18.8 Å². The SMILES string of the molecule is CC(C)CCN=C(C1=C(N)CCCC1)N(C)C=O. The summed E-state index contributed by atoms with van der Waals surface area (Å²) in [4.78, 5) is 17.1. The van der Waals surface area contributed by atoms with E-state index >= 15 is 0 Å². The van der Waals surface area contributed by atoms with Crippen molar-refractivity contribution in [2.45, 2.75) is 46.0 Å². The van der Waals surface area contributed by atoms with Crippen LogP contribution in [0.25, 0.3) is 0 Å². The first-order valence-electron chi connectivity index (χ1n) is 6.76. The Hall–Kier alpha value is -1.32. The molecule has 0 saturated carbocycles. The highest BCUT2D eigenvalue weighted by molar-refractivity contribution is 6.03. The van der Waals surface area contributed by atoms with Gasteiger partial charge in [0.2, 0.25) is 6.41 Å². The predicted octanol–water partition coefficient (Wildman–Crippen LogP) is 2.31. The maximum Gasteiger partial charge on any atom is 0.215 e. The van der Waals surface area contributed by atoms with Crippen LogP contribution in [0.3, 0.4) is 0 Å². The molecular weight excluding hydrogens is 226 g/mol. The molecule has 2 N–H and O–H groups in total. The predicted molar refractivity (Wildman–Crippen MR) is 75.3 cm³/mol. The lowest BCUT2D eigenvalue weighted by atomic mass is 9.95. The van der Waals surface area contributed by atoms with Gasteiger partial charge in [-0.15, -0.1) is 0 Å². The molecule has 0 aromatic heterocycles. The number of carbonyl (C=O) groups excluding carboxylic acids is 1. The number of aliphatic imine (C=N–C) groups is 1. The van der Waals surface area contributed by atoms with Gasteiger partial charge in [-0.1, -0.05) is 13.8 Å². The Kier molecular flexibility index (Phi) is 5.89. The van der Waals surface area contributed by atoms with Crippen LogP contribution in [0.4, 0.5) is 0 Å². The van der Waals surface area contributed by atoms with E-state index < -0.39 is 0 Å². The number of hydrogen-bond acceptors (Lipinski definition) is 3. The molecule has 0 spiro atoms. The molecular formula is C14H25N3O. The number of nitrogens with two attached hydrogens (primary N) is 1. The maximum atomic E-state index is 11.0. The first-order valence-corrected chi connectivity index (χ1v) is 6.76. The average molecular weight is 251 g/mol. The number of rotatable bonds is 5. The minimum Gasteiger partial charge on any atom is -0.402 e. The minimum absolute atomic E-state index is 0.620. The Balaban J connectivity index is 2.87. The van der Waals surface area contributed by atoms with Gasteiger partial charge in [-0.25, -0.2) is 0 Å². The molecule has 0 unspecified atom stereocenters. The molecule has 1 rings (SSSR count). The summed E-state index contributed by atoms with van der Waals surface area (Å²) in [5.74, 6) is 1.39. The van der Waals surface area contributed by atoms with Crippen molar-refractivity contribution in [1.82, 2.24) is 4.90 Å². The maximum absolute atomic E-state index is 11.0. The Bertz CT molecular complexity index is 345. The fourth-order valence-corrected chi connectivity index (χ4v) is 2.08. The lowest BCUT2D eigenvalue weighted by Gasteiger charge is -2.23. The van der Waals surface area contributed by atoms with Crippen molar-refractivity contribution in [1.29, 1.82) is 0 Å². The van der Waals surface area contributed by atoms with E-state index in [0.717, 1.165) is 62.2 Å². The van der Waals surface area contributed by atoms with E-state index in [0.29, 0.717) is 5.92 Å². The van der Waals surface area contributed by atoms with Crippen molar-refractivity contribution in [3.05, 3.63) is 11.3 Å². The third-order valence-electron chi connectivity index (χ3n) is 3.24. The zero-order valence-corrected chi connectivity index (χ0v) is 11.8. The molecule has 0 bridgehead atoms. The van der Waals surface area contributed by atoms with Crippen LogP contribution in [0, 0.1) is 5.92 Å². The summed E-state index contributed by atoms with van der Waals surface area (Å²) in [6.45, 7) is 5.10. The van der Waals surface area contributed by atoms with Crippen LogP contribution >= 0.6 is 0 Å². The Morgan fingerprint density at radius 2 is 2.11 bits per heavy atom. The molecule has 102 valence electrons.